The van der Waals surface area contributed by atoms with Gasteiger partial charge in [0.15, 0.2) is 5.78 Å². The second-order valence-electron chi connectivity index (χ2n) is 3.81. The third-order valence-electron chi connectivity index (χ3n) is 2.20. The summed E-state index contributed by atoms with van der Waals surface area (Å²) in [7, 11) is 0. The molecule has 0 radical (unpaired) electrons. The van der Waals surface area contributed by atoms with Gasteiger partial charge >= 0.3 is 0 Å². The molecule has 1 aliphatic heterocycles. The highest BCUT2D eigenvalue weighted by atomic mass is 16.5. The fourth-order valence-corrected chi connectivity index (χ4v) is 1.46. The number of aliphatic hydroxyl groups is 1. The van der Waals surface area contributed by atoms with Crippen molar-refractivity contribution < 1.29 is 14.6 Å². The van der Waals surface area contributed by atoms with Gasteiger partial charge in [-0.3, -0.25) is 4.79 Å². The van der Waals surface area contributed by atoms with E-state index in [4.69, 9.17) is 4.74 Å². The van der Waals surface area contributed by atoms with Crippen LogP contribution in [0.5, 0.6) is 0 Å². The number of hydrogen-bond acceptors (Lipinski definition) is 3. The van der Waals surface area contributed by atoms with E-state index in [0.29, 0.717) is 13.2 Å². The van der Waals surface area contributed by atoms with E-state index in [9.17, 15) is 9.90 Å². The van der Waals surface area contributed by atoms with Gasteiger partial charge in [0.05, 0.1) is 0 Å². The molecule has 1 saturated heterocycles. The van der Waals surface area contributed by atoms with Crippen LogP contribution in [0, 0.1) is 5.92 Å². The van der Waals surface area contributed by atoms with Crippen molar-refractivity contribution in [3.63, 3.8) is 0 Å². The standard InChI is InChI=1S/C9H16O3/c1-9(2,11)8(10)7-3-5-12-6-4-7/h7,11H,3-6H2,1-2H3. The molecule has 0 aromatic rings. The SMILES string of the molecule is CC(C)(O)C(=O)C1CCOCC1. The van der Waals surface area contributed by atoms with Gasteiger partial charge in [-0.15, -0.1) is 0 Å². The van der Waals surface area contributed by atoms with Gasteiger partial charge in [0, 0.05) is 19.1 Å². The van der Waals surface area contributed by atoms with Crippen LogP contribution in [0.2, 0.25) is 0 Å². The Labute approximate surface area is 72.7 Å². The molecule has 0 aliphatic carbocycles. The summed E-state index contributed by atoms with van der Waals surface area (Å²) in [5.41, 5.74) is -1.18. The predicted octanol–water partition coefficient (Wildman–Crippen LogP) is 0.753. The number of ether oxygens (including phenoxy) is 1. The zero-order valence-corrected chi connectivity index (χ0v) is 7.67. The predicted molar refractivity (Wildman–Crippen MR) is 44.8 cm³/mol. The lowest BCUT2D eigenvalue weighted by Gasteiger charge is -2.26. The average Bonchev–Trinajstić information content (AvgIpc) is 2.03. The summed E-state index contributed by atoms with van der Waals surface area (Å²) in [5.74, 6) is -0.0513. The van der Waals surface area contributed by atoms with E-state index in [0.717, 1.165) is 12.8 Å². The highest BCUT2D eigenvalue weighted by Gasteiger charge is 2.32. The summed E-state index contributed by atoms with van der Waals surface area (Å²) in [4.78, 5) is 11.5. The van der Waals surface area contributed by atoms with Crippen LogP contribution in [0.1, 0.15) is 26.7 Å². The first-order chi connectivity index (χ1) is 5.52. The van der Waals surface area contributed by atoms with Crippen LogP contribution in [0.3, 0.4) is 0 Å². The smallest absolute Gasteiger partial charge is 0.166 e. The van der Waals surface area contributed by atoms with Crippen LogP contribution in [0.15, 0.2) is 0 Å². The molecule has 1 heterocycles. The van der Waals surface area contributed by atoms with Crippen molar-refractivity contribution in [3.05, 3.63) is 0 Å². The van der Waals surface area contributed by atoms with Gasteiger partial charge in [0.2, 0.25) is 0 Å². The van der Waals surface area contributed by atoms with Crippen molar-refractivity contribution in [2.24, 2.45) is 5.92 Å². The molecule has 1 N–H and O–H groups in total. The molecule has 1 rings (SSSR count). The molecule has 0 amide bonds. The Balaban J connectivity index is 2.51. The molecule has 0 unspecified atom stereocenters. The van der Waals surface area contributed by atoms with Crippen LogP contribution in [-0.4, -0.2) is 29.7 Å². The first-order valence-corrected chi connectivity index (χ1v) is 4.36. The number of Topliss-reactive ketones (excluding diaryl/α,β-unsaturated/α-hetero) is 1. The van der Waals surface area contributed by atoms with Gasteiger partial charge in [-0.2, -0.15) is 0 Å². The molecule has 70 valence electrons. The molecule has 0 atom stereocenters. The number of carbonyl (C=O) groups excluding carboxylic acids is 1. The van der Waals surface area contributed by atoms with E-state index in [-0.39, 0.29) is 11.7 Å². The van der Waals surface area contributed by atoms with E-state index >= 15 is 0 Å². The van der Waals surface area contributed by atoms with Gasteiger partial charge in [0.25, 0.3) is 0 Å². The summed E-state index contributed by atoms with van der Waals surface area (Å²) in [6, 6.07) is 0. The third-order valence-corrected chi connectivity index (χ3v) is 2.20. The Morgan fingerprint density at radius 1 is 1.42 bits per heavy atom. The first kappa shape index (κ1) is 9.68. The zero-order valence-electron chi connectivity index (χ0n) is 7.67. The minimum atomic E-state index is -1.18. The summed E-state index contributed by atoms with van der Waals surface area (Å²) in [6.45, 7) is 4.38. The molecule has 0 aromatic carbocycles. The molecule has 0 saturated carbocycles. The average molecular weight is 172 g/mol. The molecule has 0 spiro atoms. The molecular weight excluding hydrogens is 156 g/mol. The lowest BCUT2D eigenvalue weighted by atomic mass is 9.86. The van der Waals surface area contributed by atoms with E-state index < -0.39 is 5.60 Å². The maximum atomic E-state index is 11.5. The minimum absolute atomic E-state index is 0.00116. The quantitative estimate of drug-likeness (QED) is 0.668. The molecule has 3 heteroatoms. The molecule has 0 bridgehead atoms. The highest BCUT2D eigenvalue weighted by molar-refractivity contribution is 5.88. The highest BCUT2D eigenvalue weighted by Crippen LogP contribution is 2.21. The lowest BCUT2D eigenvalue weighted by molar-refractivity contribution is -0.141. The monoisotopic (exact) mass is 172 g/mol. The third kappa shape index (κ3) is 2.29. The van der Waals surface area contributed by atoms with E-state index in [2.05, 4.69) is 0 Å². The van der Waals surface area contributed by atoms with Crippen molar-refractivity contribution in [2.75, 3.05) is 13.2 Å². The summed E-state index contributed by atoms with van der Waals surface area (Å²) in [5, 5.41) is 9.45. The second kappa shape index (κ2) is 3.54. The van der Waals surface area contributed by atoms with Crippen LogP contribution >= 0.6 is 0 Å². The summed E-state index contributed by atoms with van der Waals surface area (Å²) < 4.78 is 5.13. The maximum absolute atomic E-state index is 11.5. The first-order valence-electron chi connectivity index (χ1n) is 4.36. The largest absolute Gasteiger partial charge is 0.383 e. The summed E-state index contributed by atoms with van der Waals surface area (Å²) >= 11 is 0. The Morgan fingerprint density at radius 3 is 2.33 bits per heavy atom. The Hall–Kier alpha value is -0.410. The van der Waals surface area contributed by atoms with Gasteiger partial charge < -0.3 is 9.84 Å². The fourth-order valence-electron chi connectivity index (χ4n) is 1.46. The second-order valence-corrected chi connectivity index (χ2v) is 3.81. The van der Waals surface area contributed by atoms with Crippen molar-refractivity contribution >= 4 is 5.78 Å². The van der Waals surface area contributed by atoms with Gasteiger partial charge in [-0.25, -0.2) is 0 Å². The minimum Gasteiger partial charge on any atom is -0.383 e. The van der Waals surface area contributed by atoms with Crippen LogP contribution in [0.4, 0.5) is 0 Å². The molecule has 1 aliphatic rings. The zero-order chi connectivity index (χ0) is 9.19. The van der Waals surface area contributed by atoms with Crippen LogP contribution in [0.25, 0.3) is 0 Å². The van der Waals surface area contributed by atoms with E-state index in [1.807, 2.05) is 0 Å². The summed E-state index contributed by atoms with van der Waals surface area (Å²) in [6.07, 6.45) is 1.51. The van der Waals surface area contributed by atoms with Gasteiger partial charge in [-0.05, 0) is 26.7 Å². The Morgan fingerprint density at radius 2 is 1.92 bits per heavy atom. The molecule has 1 fully saturated rings. The number of rotatable bonds is 2. The Bertz CT molecular complexity index is 163. The molecule has 3 nitrogen and oxygen atoms in total. The van der Waals surface area contributed by atoms with Crippen molar-refractivity contribution in [1.29, 1.82) is 0 Å². The number of hydrogen-bond donors (Lipinski definition) is 1. The maximum Gasteiger partial charge on any atom is 0.166 e. The van der Waals surface area contributed by atoms with E-state index in [1.54, 1.807) is 13.8 Å². The number of carbonyl (C=O) groups is 1. The van der Waals surface area contributed by atoms with E-state index in [1.165, 1.54) is 0 Å². The lowest BCUT2D eigenvalue weighted by Crippen LogP contribution is -2.39. The van der Waals surface area contributed by atoms with Gasteiger partial charge in [-0.1, -0.05) is 0 Å². The van der Waals surface area contributed by atoms with Gasteiger partial charge in [0.1, 0.15) is 5.60 Å². The van der Waals surface area contributed by atoms with Crippen LogP contribution < -0.4 is 0 Å². The number of ketones is 1. The van der Waals surface area contributed by atoms with Crippen LogP contribution in [-0.2, 0) is 9.53 Å². The Kier molecular flexibility index (Phi) is 2.85. The topological polar surface area (TPSA) is 46.5 Å². The fraction of sp³-hybridized carbons (Fsp3) is 0.889. The molecule has 12 heavy (non-hydrogen) atoms. The van der Waals surface area contributed by atoms with Crippen molar-refractivity contribution in [3.8, 4) is 0 Å². The molecular formula is C9H16O3. The normalized spacial score (nSPS) is 20.9. The molecule has 0 aromatic heterocycles. The van der Waals surface area contributed by atoms with Crippen molar-refractivity contribution in [2.45, 2.75) is 32.3 Å². The van der Waals surface area contributed by atoms with Crippen molar-refractivity contribution in [1.82, 2.24) is 0 Å².